The summed E-state index contributed by atoms with van der Waals surface area (Å²) < 4.78 is 29.4. The van der Waals surface area contributed by atoms with Crippen LogP contribution in [0.15, 0.2) is 46.3 Å². The number of likely N-dealkylation sites (N-methyl/N-ethyl adjacent to an activating group) is 1. The van der Waals surface area contributed by atoms with Gasteiger partial charge < -0.3 is 4.90 Å². The fourth-order valence-electron chi connectivity index (χ4n) is 3.98. The first-order valence-electron chi connectivity index (χ1n) is 10.6. The summed E-state index contributed by atoms with van der Waals surface area (Å²) >= 11 is 1.19. The maximum Gasteiger partial charge on any atom is 0.263 e. The van der Waals surface area contributed by atoms with Crippen molar-refractivity contribution in [3.63, 3.8) is 0 Å². The number of thiophene rings is 1. The number of piperidine rings is 1. The molecule has 0 radical (unpaired) electrons. The summed E-state index contributed by atoms with van der Waals surface area (Å²) in [4.78, 5) is 32.8. The Morgan fingerprint density at radius 3 is 2.53 bits per heavy atom. The van der Waals surface area contributed by atoms with Crippen molar-refractivity contribution in [1.82, 2.24) is 18.8 Å². The lowest BCUT2D eigenvalue weighted by molar-refractivity contribution is -0.131. The number of hydrogen-bond donors (Lipinski definition) is 0. The van der Waals surface area contributed by atoms with Crippen LogP contribution in [0.25, 0.3) is 10.2 Å². The van der Waals surface area contributed by atoms with Gasteiger partial charge in [-0.1, -0.05) is 36.8 Å². The third kappa shape index (κ3) is 4.35. The van der Waals surface area contributed by atoms with Crippen LogP contribution in [0.2, 0.25) is 0 Å². The SMILES string of the molecule is Cc1sc2ncn(CC(=O)N(C)Cc3ccccc3)c(=O)c2c1S(=O)(=O)N1CCCCC1. The van der Waals surface area contributed by atoms with Crippen LogP contribution in [0.3, 0.4) is 0 Å². The topological polar surface area (TPSA) is 92.6 Å². The van der Waals surface area contributed by atoms with Gasteiger partial charge in [-0.3, -0.25) is 14.2 Å². The van der Waals surface area contributed by atoms with Crippen LogP contribution in [-0.2, 0) is 27.9 Å². The molecular weight excluding hydrogens is 448 g/mol. The molecule has 0 unspecified atom stereocenters. The molecule has 3 heterocycles. The second-order valence-electron chi connectivity index (χ2n) is 8.05. The number of sulfonamides is 1. The first-order valence-corrected chi connectivity index (χ1v) is 12.8. The number of aryl methyl sites for hydroxylation is 1. The molecule has 3 aromatic rings. The smallest absolute Gasteiger partial charge is 0.263 e. The molecule has 170 valence electrons. The van der Waals surface area contributed by atoms with Crippen molar-refractivity contribution in [3.05, 3.63) is 57.5 Å². The highest BCUT2D eigenvalue weighted by atomic mass is 32.2. The van der Waals surface area contributed by atoms with Gasteiger partial charge in [0.15, 0.2) is 0 Å². The van der Waals surface area contributed by atoms with Crippen molar-refractivity contribution < 1.29 is 13.2 Å². The van der Waals surface area contributed by atoms with E-state index in [1.165, 1.54) is 31.4 Å². The number of carbonyl (C=O) groups is 1. The van der Waals surface area contributed by atoms with Gasteiger partial charge in [-0.15, -0.1) is 11.3 Å². The van der Waals surface area contributed by atoms with Gasteiger partial charge in [0.1, 0.15) is 16.3 Å². The second kappa shape index (κ2) is 9.13. The van der Waals surface area contributed by atoms with E-state index in [1.54, 1.807) is 14.0 Å². The standard InChI is InChI=1S/C22H26N4O4S2/c1-16-20(32(29,30)26-11-7-4-8-12-26)19-21(31-16)23-15-25(22(19)28)14-18(27)24(2)13-17-9-5-3-6-10-17/h3,5-6,9-10,15H,4,7-8,11-14H2,1-2H3. The Hall–Kier alpha value is -2.56. The molecule has 0 aliphatic carbocycles. The summed E-state index contributed by atoms with van der Waals surface area (Å²) in [5.41, 5.74) is 0.476. The first-order chi connectivity index (χ1) is 15.3. The molecule has 1 saturated heterocycles. The van der Waals surface area contributed by atoms with Gasteiger partial charge in [0.25, 0.3) is 5.56 Å². The van der Waals surface area contributed by atoms with E-state index < -0.39 is 15.6 Å². The van der Waals surface area contributed by atoms with E-state index in [4.69, 9.17) is 0 Å². The third-order valence-corrected chi connectivity index (χ3v) is 8.92. The number of aromatic nitrogens is 2. The van der Waals surface area contributed by atoms with E-state index in [0.29, 0.717) is 29.3 Å². The van der Waals surface area contributed by atoms with Crippen molar-refractivity contribution in [2.45, 2.75) is 44.2 Å². The van der Waals surface area contributed by atoms with Gasteiger partial charge in [-0.25, -0.2) is 13.4 Å². The molecule has 1 fully saturated rings. The minimum absolute atomic E-state index is 0.0383. The average Bonchev–Trinajstić information content (AvgIpc) is 3.14. The number of benzene rings is 1. The predicted molar refractivity (Wildman–Crippen MR) is 124 cm³/mol. The Morgan fingerprint density at radius 2 is 1.84 bits per heavy atom. The van der Waals surface area contributed by atoms with E-state index in [2.05, 4.69) is 4.98 Å². The zero-order valence-corrected chi connectivity index (χ0v) is 19.8. The average molecular weight is 475 g/mol. The van der Waals surface area contributed by atoms with Crippen LogP contribution in [-0.4, -0.2) is 53.2 Å². The summed E-state index contributed by atoms with van der Waals surface area (Å²) in [5.74, 6) is -0.260. The number of nitrogens with zero attached hydrogens (tertiary/aromatic N) is 4. The van der Waals surface area contributed by atoms with Crippen molar-refractivity contribution in [3.8, 4) is 0 Å². The summed E-state index contributed by atoms with van der Waals surface area (Å²) in [6.07, 6.45) is 3.95. The largest absolute Gasteiger partial charge is 0.340 e. The predicted octanol–water partition coefficient (Wildman–Crippen LogP) is 2.60. The maximum atomic E-state index is 13.4. The fourth-order valence-corrected chi connectivity index (χ4v) is 7.17. The highest BCUT2D eigenvalue weighted by molar-refractivity contribution is 7.89. The molecule has 0 spiro atoms. The highest BCUT2D eigenvalue weighted by Gasteiger charge is 2.32. The molecular formula is C22H26N4O4S2. The molecule has 0 saturated carbocycles. The van der Waals surface area contributed by atoms with Crippen LogP contribution in [0.1, 0.15) is 29.7 Å². The van der Waals surface area contributed by atoms with Gasteiger partial charge in [-0.05, 0) is 25.3 Å². The van der Waals surface area contributed by atoms with Gasteiger partial charge in [0.2, 0.25) is 15.9 Å². The molecule has 0 atom stereocenters. The lowest BCUT2D eigenvalue weighted by Crippen LogP contribution is -2.37. The molecule has 1 aliphatic heterocycles. The fraction of sp³-hybridized carbons (Fsp3) is 0.409. The molecule has 8 nitrogen and oxygen atoms in total. The van der Waals surface area contributed by atoms with Crippen molar-refractivity contribution in [1.29, 1.82) is 0 Å². The Kier molecular flexibility index (Phi) is 6.45. The second-order valence-corrected chi connectivity index (χ2v) is 11.1. The van der Waals surface area contributed by atoms with E-state index in [9.17, 15) is 18.0 Å². The molecule has 32 heavy (non-hydrogen) atoms. The van der Waals surface area contributed by atoms with Crippen molar-refractivity contribution in [2.24, 2.45) is 0 Å². The molecule has 0 N–H and O–H groups in total. The monoisotopic (exact) mass is 474 g/mol. The lowest BCUT2D eigenvalue weighted by atomic mass is 10.2. The first kappa shape index (κ1) is 22.6. The Morgan fingerprint density at radius 1 is 1.16 bits per heavy atom. The molecule has 1 aliphatic rings. The van der Waals surface area contributed by atoms with Crippen LogP contribution < -0.4 is 5.56 Å². The zero-order chi connectivity index (χ0) is 22.9. The minimum Gasteiger partial charge on any atom is -0.340 e. The van der Waals surface area contributed by atoms with E-state index >= 15 is 0 Å². The number of rotatable bonds is 6. The molecule has 1 amide bonds. The van der Waals surface area contributed by atoms with Crippen molar-refractivity contribution >= 4 is 37.5 Å². The third-order valence-electron chi connectivity index (χ3n) is 5.71. The quantitative estimate of drug-likeness (QED) is 0.548. The number of amides is 1. The van der Waals surface area contributed by atoms with Crippen LogP contribution >= 0.6 is 11.3 Å². The summed E-state index contributed by atoms with van der Waals surface area (Å²) in [7, 11) is -2.13. The zero-order valence-electron chi connectivity index (χ0n) is 18.2. The molecule has 1 aromatic carbocycles. The lowest BCUT2D eigenvalue weighted by Gasteiger charge is -2.26. The van der Waals surface area contributed by atoms with Crippen LogP contribution in [0.5, 0.6) is 0 Å². The van der Waals surface area contributed by atoms with Gasteiger partial charge in [0.05, 0.1) is 11.7 Å². The minimum atomic E-state index is -3.81. The van der Waals surface area contributed by atoms with Gasteiger partial charge >= 0.3 is 0 Å². The number of carbonyl (C=O) groups excluding carboxylic acids is 1. The van der Waals surface area contributed by atoms with Gasteiger partial charge in [0, 0.05) is 31.6 Å². The molecule has 10 heteroatoms. The van der Waals surface area contributed by atoms with Crippen molar-refractivity contribution in [2.75, 3.05) is 20.1 Å². The Bertz CT molecular complexity index is 1290. The summed E-state index contributed by atoms with van der Waals surface area (Å²) in [5, 5.41) is 0.0825. The summed E-state index contributed by atoms with van der Waals surface area (Å²) in [6.45, 7) is 2.82. The van der Waals surface area contributed by atoms with E-state index in [-0.39, 0.29) is 22.7 Å². The van der Waals surface area contributed by atoms with Crippen LogP contribution in [0.4, 0.5) is 0 Å². The van der Waals surface area contributed by atoms with Crippen LogP contribution in [0, 0.1) is 6.92 Å². The summed E-state index contributed by atoms with van der Waals surface area (Å²) in [6, 6.07) is 9.56. The Balaban J connectivity index is 1.66. The maximum absolute atomic E-state index is 13.4. The molecule has 4 rings (SSSR count). The number of hydrogen-bond acceptors (Lipinski definition) is 6. The number of fused-ring (bicyclic) bond motifs is 1. The normalized spacial score (nSPS) is 15.2. The van der Waals surface area contributed by atoms with E-state index in [0.717, 1.165) is 24.8 Å². The van der Waals surface area contributed by atoms with E-state index in [1.807, 2.05) is 30.3 Å². The highest BCUT2D eigenvalue weighted by Crippen LogP contribution is 2.33. The molecule has 0 bridgehead atoms. The molecule has 2 aromatic heterocycles. The van der Waals surface area contributed by atoms with Gasteiger partial charge in [-0.2, -0.15) is 4.31 Å². The Labute approximate surface area is 191 Å².